The van der Waals surface area contributed by atoms with E-state index < -0.39 is 15.7 Å². The number of para-hydroxylation sites is 1. The van der Waals surface area contributed by atoms with Crippen molar-refractivity contribution in [1.82, 2.24) is 10.2 Å². The third-order valence-corrected chi connectivity index (χ3v) is 7.01. The molecule has 3 aromatic rings. The second kappa shape index (κ2) is 11.5. The number of anilines is 1. The van der Waals surface area contributed by atoms with E-state index in [2.05, 4.69) is 15.5 Å². The third-order valence-electron chi connectivity index (χ3n) is 4.50. The first kappa shape index (κ1) is 25.7. The topological polar surface area (TPSA) is 140 Å². The van der Waals surface area contributed by atoms with Crippen molar-refractivity contribution in [1.29, 1.82) is 5.26 Å². The zero-order valence-corrected chi connectivity index (χ0v) is 20.8. The van der Waals surface area contributed by atoms with Crippen LogP contribution in [0.5, 0.6) is 17.2 Å². The largest absolute Gasteiger partial charge is 0.493 e. The average Bonchev–Trinajstić information content (AvgIpc) is 3.30. The van der Waals surface area contributed by atoms with E-state index in [0.29, 0.717) is 35.0 Å². The molecule has 0 unspecified atom stereocenters. The fourth-order valence-corrected chi connectivity index (χ4v) is 4.31. The molecule has 1 amide bonds. The average molecular weight is 515 g/mol. The van der Waals surface area contributed by atoms with Crippen molar-refractivity contribution in [3.8, 4) is 23.3 Å². The van der Waals surface area contributed by atoms with E-state index in [1.54, 1.807) is 18.2 Å². The van der Waals surface area contributed by atoms with Gasteiger partial charge < -0.3 is 14.2 Å². The molecule has 0 saturated heterocycles. The summed E-state index contributed by atoms with van der Waals surface area (Å²) in [7, 11) is -2.07. The number of hydrogen-bond acceptors (Lipinski definition) is 10. The van der Waals surface area contributed by atoms with Gasteiger partial charge in [-0.05, 0) is 42.3 Å². The summed E-state index contributed by atoms with van der Waals surface area (Å²) in [5.41, 5.74) is 1.33. The van der Waals surface area contributed by atoms with E-state index in [1.807, 2.05) is 37.3 Å². The van der Waals surface area contributed by atoms with Gasteiger partial charge in [-0.3, -0.25) is 10.1 Å². The number of methoxy groups -OCH3 is 1. The van der Waals surface area contributed by atoms with Gasteiger partial charge in [0.2, 0.25) is 19.3 Å². The van der Waals surface area contributed by atoms with Crippen molar-refractivity contribution in [3.63, 3.8) is 0 Å². The highest BCUT2D eigenvalue weighted by Crippen LogP contribution is 2.29. The van der Waals surface area contributed by atoms with E-state index in [9.17, 15) is 18.5 Å². The normalized spacial score (nSPS) is 11.4. The Morgan fingerprint density at radius 3 is 2.46 bits per heavy atom. The minimum Gasteiger partial charge on any atom is -0.493 e. The van der Waals surface area contributed by atoms with Gasteiger partial charge in [-0.15, -0.1) is 10.2 Å². The van der Waals surface area contributed by atoms with Crippen molar-refractivity contribution in [2.45, 2.75) is 11.3 Å². The monoisotopic (exact) mass is 514 g/mol. The lowest BCUT2D eigenvalue weighted by Gasteiger charge is -2.13. The quantitative estimate of drug-likeness (QED) is 0.187. The fraction of sp³-hybridized carbons (Fsp3) is 0.217. The number of carbonyl (C=O) groups excluding carboxylic acids is 1. The van der Waals surface area contributed by atoms with Crippen LogP contribution in [0.15, 0.2) is 52.4 Å². The van der Waals surface area contributed by atoms with Gasteiger partial charge in [-0.2, -0.15) is 5.26 Å². The van der Waals surface area contributed by atoms with E-state index >= 15 is 0 Å². The lowest BCUT2D eigenvalue weighted by molar-refractivity contribution is -0.112. The first-order chi connectivity index (χ1) is 16.7. The number of sulfone groups is 1. The smallest absolute Gasteiger partial charge is 0.268 e. The summed E-state index contributed by atoms with van der Waals surface area (Å²) in [6, 6.07) is 14.4. The van der Waals surface area contributed by atoms with Gasteiger partial charge in [0, 0.05) is 6.26 Å². The van der Waals surface area contributed by atoms with Gasteiger partial charge in [0.05, 0.1) is 7.11 Å². The molecule has 2 aromatic carbocycles. The molecule has 0 aliphatic carbocycles. The lowest BCUT2D eigenvalue weighted by atomic mass is 10.1. The van der Waals surface area contributed by atoms with Crippen LogP contribution in [-0.4, -0.2) is 51.1 Å². The highest BCUT2D eigenvalue weighted by Gasteiger charge is 2.17. The Balaban J connectivity index is 1.65. The molecule has 0 radical (unpaired) electrons. The molecular formula is C23H22N4O6S2. The van der Waals surface area contributed by atoms with Gasteiger partial charge in [0.1, 0.15) is 30.6 Å². The number of rotatable bonds is 10. The van der Waals surface area contributed by atoms with Gasteiger partial charge in [-0.25, -0.2) is 8.42 Å². The molecule has 0 saturated carbocycles. The number of nitriles is 1. The standard InChI is InChI=1S/C23H22N4O6S2/c1-15-6-4-5-7-18(15)32-10-11-33-19-9-8-16(13-20(19)31-2)12-17(14-24)21(28)25-22-26-27-23(34-22)35(3,29)30/h4-9,12-13H,10-11H2,1-3H3,(H,25,26,28)/b17-12-. The van der Waals surface area contributed by atoms with Gasteiger partial charge in [0.25, 0.3) is 5.91 Å². The van der Waals surface area contributed by atoms with E-state index in [4.69, 9.17) is 14.2 Å². The Morgan fingerprint density at radius 1 is 1.11 bits per heavy atom. The minimum atomic E-state index is -3.55. The van der Waals surface area contributed by atoms with Crippen LogP contribution in [-0.2, 0) is 14.6 Å². The van der Waals surface area contributed by atoms with Crippen LogP contribution in [0.4, 0.5) is 5.13 Å². The van der Waals surface area contributed by atoms with Crippen LogP contribution < -0.4 is 19.5 Å². The lowest BCUT2D eigenvalue weighted by Crippen LogP contribution is -2.13. The molecule has 12 heteroatoms. The predicted molar refractivity (Wildman–Crippen MR) is 130 cm³/mol. The molecular weight excluding hydrogens is 492 g/mol. The van der Waals surface area contributed by atoms with Gasteiger partial charge in [-0.1, -0.05) is 35.6 Å². The summed E-state index contributed by atoms with van der Waals surface area (Å²) in [6.07, 6.45) is 2.35. The number of nitrogens with one attached hydrogen (secondary N) is 1. The third kappa shape index (κ3) is 7.02. The van der Waals surface area contributed by atoms with Crippen LogP contribution in [0.25, 0.3) is 6.08 Å². The first-order valence-corrected chi connectivity index (χ1v) is 12.9. The summed E-state index contributed by atoms with van der Waals surface area (Å²) < 4.78 is 39.6. The van der Waals surface area contributed by atoms with Crippen molar-refractivity contribution >= 4 is 38.3 Å². The van der Waals surface area contributed by atoms with Crippen LogP contribution in [0.1, 0.15) is 11.1 Å². The highest BCUT2D eigenvalue weighted by molar-refractivity contribution is 7.92. The summed E-state index contributed by atoms with van der Waals surface area (Å²) in [5, 5.41) is 18.9. The molecule has 0 bridgehead atoms. The molecule has 3 rings (SSSR count). The van der Waals surface area contributed by atoms with Crippen molar-refractivity contribution in [2.75, 3.05) is 31.9 Å². The minimum absolute atomic E-state index is 0.0363. The maximum atomic E-state index is 12.5. The molecule has 1 heterocycles. The number of benzene rings is 2. The van der Waals surface area contributed by atoms with Gasteiger partial charge >= 0.3 is 0 Å². The molecule has 0 aliphatic rings. The predicted octanol–water partition coefficient (Wildman–Crippen LogP) is 3.26. The molecule has 1 N–H and O–H groups in total. The zero-order chi connectivity index (χ0) is 25.4. The van der Waals surface area contributed by atoms with Crippen molar-refractivity contribution in [2.24, 2.45) is 0 Å². The number of aryl methyl sites for hydroxylation is 1. The van der Waals surface area contributed by atoms with Crippen LogP contribution in [0.2, 0.25) is 0 Å². The summed E-state index contributed by atoms with van der Waals surface area (Å²) in [4.78, 5) is 12.5. The van der Waals surface area contributed by atoms with E-state index in [0.717, 1.165) is 17.6 Å². The maximum absolute atomic E-state index is 12.5. The van der Waals surface area contributed by atoms with E-state index in [1.165, 1.54) is 13.2 Å². The molecule has 0 fully saturated rings. The summed E-state index contributed by atoms with van der Waals surface area (Å²) in [5.74, 6) is 0.917. The molecule has 182 valence electrons. The van der Waals surface area contributed by atoms with Crippen molar-refractivity contribution in [3.05, 3.63) is 59.2 Å². The molecule has 0 aliphatic heterocycles. The van der Waals surface area contributed by atoms with E-state index in [-0.39, 0.29) is 21.7 Å². The Hall–Kier alpha value is -3.95. The fourth-order valence-electron chi connectivity index (χ4n) is 2.80. The highest BCUT2D eigenvalue weighted by atomic mass is 32.2. The van der Waals surface area contributed by atoms with Crippen LogP contribution >= 0.6 is 11.3 Å². The van der Waals surface area contributed by atoms with Crippen LogP contribution in [0.3, 0.4) is 0 Å². The summed E-state index contributed by atoms with van der Waals surface area (Å²) in [6.45, 7) is 2.58. The number of nitrogens with zero attached hydrogens (tertiary/aromatic N) is 3. The SMILES string of the molecule is COc1cc(/C=C(/C#N)C(=O)Nc2nnc(S(C)(=O)=O)s2)ccc1OCCOc1ccccc1C. The summed E-state index contributed by atoms with van der Waals surface area (Å²) >= 11 is 0.693. The molecule has 10 nitrogen and oxygen atoms in total. The molecule has 0 spiro atoms. The molecule has 35 heavy (non-hydrogen) atoms. The Labute approximate surface area is 206 Å². The second-order valence-corrected chi connectivity index (χ2v) is 10.3. The molecule has 1 aromatic heterocycles. The zero-order valence-electron chi connectivity index (χ0n) is 19.1. The van der Waals surface area contributed by atoms with Crippen LogP contribution in [0, 0.1) is 18.3 Å². The molecule has 0 atom stereocenters. The number of amides is 1. The first-order valence-electron chi connectivity index (χ1n) is 10.2. The van der Waals surface area contributed by atoms with Crippen molar-refractivity contribution < 1.29 is 27.4 Å². The Bertz CT molecular complexity index is 1390. The number of hydrogen-bond donors (Lipinski definition) is 1. The maximum Gasteiger partial charge on any atom is 0.268 e. The second-order valence-electron chi connectivity index (χ2n) is 7.14. The van der Waals surface area contributed by atoms with Gasteiger partial charge in [0.15, 0.2) is 11.5 Å². The number of aromatic nitrogens is 2. The Morgan fingerprint density at radius 2 is 1.83 bits per heavy atom. The number of ether oxygens (including phenoxy) is 3. The number of carbonyl (C=O) groups is 1. The Kier molecular flexibility index (Phi) is 8.40.